The first-order valence-electron chi connectivity index (χ1n) is 8.65. The second-order valence-corrected chi connectivity index (χ2v) is 6.49. The van der Waals surface area contributed by atoms with Crippen LogP contribution < -0.4 is 5.32 Å². The number of halogens is 1. The Morgan fingerprint density at radius 1 is 1.26 bits per heavy atom. The fourth-order valence-corrected chi connectivity index (χ4v) is 2.93. The van der Waals surface area contributed by atoms with Gasteiger partial charge in [-0.25, -0.2) is 4.39 Å². The van der Waals surface area contributed by atoms with E-state index in [2.05, 4.69) is 20.4 Å². The van der Waals surface area contributed by atoms with Gasteiger partial charge in [0, 0.05) is 37.6 Å². The molecule has 1 saturated heterocycles. The summed E-state index contributed by atoms with van der Waals surface area (Å²) in [6, 6.07) is 9.77. The molecule has 2 aromatic heterocycles. The van der Waals surface area contributed by atoms with Crippen molar-refractivity contribution in [2.24, 2.45) is 0 Å². The molecule has 0 saturated carbocycles. The molecule has 27 heavy (non-hydrogen) atoms. The van der Waals surface area contributed by atoms with Gasteiger partial charge in [-0.2, -0.15) is 4.98 Å². The Morgan fingerprint density at radius 3 is 2.81 bits per heavy atom. The molecule has 1 fully saturated rings. The van der Waals surface area contributed by atoms with E-state index in [4.69, 9.17) is 4.52 Å². The van der Waals surface area contributed by atoms with Crippen molar-refractivity contribution in [3.05, 3.63) is 66.1 Å². The van der Waals surface area contributed by atoms with Gasteiger partial charge in [-0.05, 0) is 29.8 Å². The van der Waals surface area contributed by atoms with Gasteiger partial charge >= 0.3 is 0 Å². The normalized spacial score (nSPS) is 14.7. The molecule has 0 atom stereocenters. The highest BCUT2D eigenvalue weighted by atomic mass is 19.1. The van der Waals surface area contributed by atoms with E-state index < -0.39 is 0 Å². The molecule has 7 nitrogen and oxygen atoms in total. The highest BCUT2D eigenvalue weighted by molar-refractivity contribution is 5.78. The number of rotatable bonds is 6. The van der Waals surface area contributed by atoms with Gasteiger partial charge in [-0.3, -0.25) is 14.7 Å². The second-order valence-electron chi connectivity index (χ2n) is 6.49. The summed E-state index contributed by atoms with van der Waals surface area (Å²) in [7, 11) is 0. The zero-order chi connectivity index (χ0) is 18.6. The van der Waals surface area contributed by atoms with E-state index in [9.17, 15) is 9.18 Å². The van der Waals surface area contributed by atoms with Crippen molar-refractivity contribution in [1.29, 1.82) is 0 Å². The van der Waals surface area contributed by atoms with Gasteiger partial charge in [0.2, 0.25) is 17.6 Å². The Balaban J connectivity index is 1.23. The third-order valence-electron chi connectivity index (χ3n) is 4.44. The van der Waals surface area contributed by atoms with Crippen LogP contribution in [-0.2, 0) is 11.3 Å². The maximum absolute atomic E-state index is 12.9. The number of hydrogen-bond donors (Lipinski definition) is 1. The lowest BCUT2D eigenvalue weighted by Crippen LogP contribution is -2.49. The number of pyridine rings is 1. The summed E-state index contributed by atoms with van der Waals surface area (Å²) in [4.78, 5) is 22.5. The van der Waals surface area contributed by atoms with E-state index in [0.717, 1.165) is 11.1 Å². The molecular weight excluding hydrogens is 349 g/mol. The number of nitrogens with one attached hydrogen (secondary N) is 1. The molecule has 1 amide bonds. The first kappa shape index (κ1) is 17.3. The Hall–Kier alpha value is -3.13. The van der Waals surface area contributed by atoms with Gasteiger partial charge in [0.25, 0.3) is 0 Å². The quantitative estimate of drug-likeness (QED) is 0.717. The SMILES string of the molecule is O=C(CN1CC(c2nc(-c3cccnc3)no2)C1)NCc1ccc(F)cc1. The number of benzene rings is 1. The summed E-state index contributed by atoms with van der Waals surface area (Å²) < 4.78 is 18.2. The average molecular weight is 367 g/mol. The lowest BCUT2D eigenvalue weighted by molar-refractivity contribution is -0.123. The fraction of sp³-hybridized carbons (Fsp3) is 0.263. The van der Waals surface area contributed by atoms with Gasteiger partial charge in [-0.15, -0.1) is 0 Å². The molecule has 0 spiro atoms. The molecule has 0 aliphatic carbocycles. The van der Waals surface area contributed by atoms with Crippen LogP contribution in [0.1, 0.15) is 17.4 Å². The van der Waals surface area contributed by atoms with Gasteiger partial charge in [-0.1, -0.05) is 17.3 Å². The Bertz CT molecular complexity index is 907. The van der Waals surface area contributed by atoms with E-state index in [0.29, 0.717) is 37.9 Å². The first-order chi connectivity index (χ1) is 13.2. The zero-order valence-corrected chi connectivity index (χ0v) is 14.5. The number of carbonyl (C=O) groups excluding carboxylic acids is 1. The fourth-order valence-electron chi connectivity index (χ4n) is 2.93. The minimum absolute atomic E-state index is 0.0700. The monoisotopic (exact) mass is 367 g/mol. The molecule has 3 heterocycles. The average Bonchev–Trinajstić information content (AvgIpc) is 3.14. The molecule has 0 bridgehead atoms. The summed E-state index contributed by atoms with van der Waals surface area (Å²) >= 11 is 0. The molecular formula is C19H18FN5O2. The van der Waals surface area contributed by atoms with Crippen molar-refractivity contribution in [2.45, 2.75) is 12.5 Å². The van der Waals surface area contributed by atoms with Crippen LogP contribution in [0.15, 0.2) is 53.3 Å². The predicted octanol–water partition coefficient (Wildman–Crippen LogP) is 1.99. The molecule has 1 aliphatic heterocycles. The van der Waals surface area contributed by atoms with Crippen LogP contribution in [-0.4, -0.2) is 45.6 Å². The smallest absolute Gasteiger partial charge is 0.234 e. The zero-order valence-electron chi connectivity index (χ0n) is 14.5. The van der Waals surface area contributed by atoms with E-state index in [1.54, 1.807) is 24.5 Å². The Morgan fingerprint density at radius 2 is 2.07 bits per heavy atom. The number of likely N-dealkylation sites (tertiary alicyclic amines) is 1. The van der Waals surface area contributed by atoms with E-state index >= 15 is 0 Å². The molecule has 0 radical (unpaired) electrons. The number of nitrogens with zero attached hydrogens (tertiary/aromatic N) is 4. The standard InChI is InChI=1S/C19H18FN5O2/c20-16-5-3-13(4-6-16)8-22-17(26)12-25-10-15(11-25)19-23-18(24-27-19)14-2-1-7-21-9-14/h1-7,9,15H,8,10-12H2,(H,22,26). The van der Waals surface area contributed by atoms with Gasteiger partial charge in [0.15, 0.2) is 0 Å². The van der Waals surface area contributed by atoms with Crippen molar-refractivity contribution in [3.8, 4) is 11.4 Å². The highest BCUT2D eigenvalue weighted by Gasteiger charge is 2.33. The van der Waals surface area contributed by atoms with Crippen LogP contribution in [0, 0.1) is 5.82 Å². The van der Waals surface area contributed by atoms with E-state index in [1.165, 1.54) is 12.1 Å². The number of hydrogen-bond acceptors (Lipinski definition) is 6. The molecule has 1 N–H and O–H groups in total. The lowest BCUT2D eigenvalue weighted by atomic mass is 10.0. The van der Waals surface area contributed by atoms with Crippen molar-refractivity contribution >= 4 is 5.91 Å². The third-order valence-corrected chi connectivity index (χ3v) is 4.44. The number of carbonyl (C=O) groups is 1. The van der Waals surface area contributed by atoms with Crippen molar-refractivity contribution in [1.82, 2.24) is 25.3 Å². The summed E-state index contributed by atoms with van der Waals surface area (Å²) in [5.41, 5.74) is 1.67. The Labute approximate surface area is 155 Å². The third kappa shape index (κ3) is 4.17. The van der Waals surface area contributed by atoms with Crippen LogP contribution in [0.25, 0.3) is 11.4 Å². The van der Waals surface area contributed by atoms with Gasteiger partial charge in [0.1, 0.15) is 5.82 Å². The largest absolute Gasteiger partial charge is 0.351 e. The summed E-state index contributed by atoms with van der Waals surface area (Å²) in [5.74, 6) is 0.877. The van der Waals surface area contributed by atoms with Gasteiger partial charge < -0.3 is 9.84 Å². The van der Waals surface area contributed by atoms with Crippen LogP contribution in [0.4, 0.5) is 4.39 Å². The van der Waals surface area contributed by atoms with Crippen molar-refractivity contribution in [2.75, 3.05) is 19.6 Å². The topological polar surface area (TPSA) is 84.2 Å². The molecule has 1 aromatic carbocycles. The minimum atomic E-state index is -0.288. The van der Waals surface area contributed by atoms with E-state index in [1.807, 2.05) is 17.0 Å². The predicted molar refractivity (Wildman–Crippen MR) is 95.0 cm³/mol. The maximum Gasteiger partial charge on any atom is 0.234 e. The first-order valence-corrected chi connectivity index (χ1v) is 8.65. The molecule has 3 aromatic rings. The number of amides is 1. The van der Waals surface area contributed by atoms with Crippen LogP contribution in [0.5, 0.6) is 0 Å². The molecule has 8 heteroatoms. The summed E-state index contributed by atoms with van der Waals surface area (Å²) in [5, 5.41) is 6.83. The van der Waals surface area contributed by atoms with Crippen LogP contribution in [0.2, 0.25) is 0 Å². The van der Waals surface area contributed by atoms with E-state index in [-0.39, 0.29) is 17.6 Å². The minimum Gasteiger partial charge on any atom is -0.351 e. The van der Waals surface area contributed by atoms with Crippen molar-refractivity contribution < 1.29 is 13.7 Å². The molecule has 4 rings (SSSR count). The highest BCUT2D eigenvalue weighted by Crippen LogP contribution is 2.27. The molecule has 1 aliphatic rings. The summed E-state index contributed by atoms with van der Waals surface area (Å²) in [6.45, 7) is 2.08. The summed E-state index contributed by atoms with van der Waals surface area (Å²) in [6.07, 6.45) is 3.38. The van der Waals surface area contributed by atoms with Crippen molar-refractivity contribution in [3.63, 3.8) is 0 Å². The van der Waals surface area contributed by atoms with Gasteiger partial charge in [0.05, 0.1) is 12.5 Å². The van der Waals surface area contributed by atoms with Crippen LogP contribution in [0.3, 0.4) is 0 Å². The Kier molecular flexibility index (Phi) is 4.88. The molecule has 138 valence electrons. The maximum atomic E-state index is 12.9. The second kappa shape index (κ2) is 7.63. The number of aromatic nitrogens is 3. The van der Waals surface area contributed by atoms with Crippen LogP contribution >= 0.6 is 0 Å². The lowest BCUT2D eigenvalue weighted by Gasteiger charge is -2.36. The molecule has 0 unspecified atom stereocenters.